The number of rotatable bonds is 3. The molecule has 5 N–H and O–H groups in total. The van der Waals surface area contributed by atoms with Gasteiger partial charge in [0.15, 0.2) is 5.75 Å². The Morgan fingerprint density at radius 3 is 2.83 bits per heavy atom. The molecule has 2 heterocycles. The molecule has 0 saturated carbocycles. The molecule has 0 aromatic carbocycles. The van der Waals surface area contributed by atoms with Crippen LogP contribution in [-0.2, 0) is 0 Å². The number of carbonyl (C=O) groups is 1. The summed E-state index contributed by atoms with van der Waals surface area (Å²) < 4.78 is 5.32. The fourth-order valence-corrected chi connectivity index (χ4v) is 3.25. The van der Waals surface area contributed by atoms with Gasteiger partial charge >= 0.3 is 0 Å². The van der Waals surface area contributed by atoms with E-state index in [1.165, 1.54) is 11.3 Å². The molecule has 1 aliphatic rings. The summed E-state index contributed by atoms with van der Waals surface area (Å²) in [4.78, 5) is 14.3. The number of amides is 1. The number of methoxy groups -OCH3 is 1. The third-order valence-corrected chi connectivity index (χ3v) is 4.28. The van der Waals surface area contributed by atoms with Crippen molar-refractivity contribution in [3.8, 4) is 5.75 Å². The minimum Gasteiger partial charge on any atom is -0.492 e. The van der Waals surface area contributed by atoms with Gasteiger partial charge in [0, 0.05) is 26.2 Å². The van der Waals surface area contributed by atoms with E-state index >= 15 is 0 Å². The second kappa shape index (κ2) is 5.03. The van der Waals surface area contributed by atoms with E-state index in [1.54, 1.807) is 14.2 Å². The smallest absolute Gasteiger partial charge is 0.263 e. The first-order valence-corrected chi connectivity index (χ1v) is 6.59. The molecule has 100 valence electrons. The normalized spacial score (nSPS) is 19.1. The summed E-state index contributed by atoms with van der Waals surface area (Å²) in [6.45, 7) is 1.63. The molecule has 1 saturated heterocycles. The Kier molecular flexibility index (Phi) is 3.63. The summed E-state index contributed by atoms with van der Waals surface area (Å²) in [5.41, 5.74) is 12.3. The predicted octanol–water partition coefficient (Wildman–Crippen LogP) is 0.236. The SMILES string of the molecule is CNC(=O)c1sc(N2CCC(N)C2)c(OC)c1N. The van der Waals surface area contributed by atoms with Crippen LogP contribution in [0.4, 0.5) is 10.7 Å². The molecule has 6 nitrogen and oxygen atoms in total. The Morgan fingerprint density at radius 1 is 1.61 bits per heavy atom. The molecule has 1 unspecified atom stereocenters. The van der Waals surface area contributed by atoms with Crippen LogP contribution in [-0.4, -0.2) is 39.2 Å². The third-order valence-electron chi connectivity index (χ3n) is 3.03. The second-order valence-corrected chi connectivity index (χ2v) is 5.26. The number of ether oxygens (including phenoxy) is 1. The molecule has 1 aliphatic heterocycles. The Hall–Kier alpha value is -1.47. The summed E-state index contributed by atoms with van der Waals surface area (Å²) in [6.07, 6.45) is 0.941. The van der Waals surface area contributed by atoms with E-state index in [0.29, 0.717) is 16.3 Å². The van der Waals surface area contributed by atoms with Gasteiger partial charge in [0.05, 0.1) is 7.11 Å². The number of nitrogens with two attached hydrogens (primary N) is 2. The quantitative estimate of drug-likeness (QED) is 0.731. The van der Waals surface area contributed by atoms with E-state index in [0.717, 1.165) is 24.5 Å². The van der Waals surface area contributed by atoms with Gasteiger partial charge in [-0.05, 0) is 6.42 Å². The van der Waals surface area contributed by atoms with E-state index in [9.17, 15) is 4.79 Å². The fourth-order valence-electron chi connectivity index (χ4n) is 2.08. The predicted molar refractivity (Wildman–Crippen MR) is 73.5 cm³/mol. The lowest BCUT2D eigenvalue weighted by atomic mass is 10.3. The molecule has 18 heavy (non-hydrogen) atoms. The molecule has 0 spiro atoms. The first-order valence-electron chi connectivity index (χ1n) is 5.77. The Morgan fingerprint density at radius 2 is 2.33 bits per heavy atom. The van der Waals surface area contributed by atoms with Gasteiger partial charge in [0.2, 0.25) is 0 Å². The first-order chi connectivity index (χ1) is 8.58. The highest BCUT2D eigenvalue weighted by atomic mass is 32.1. The van der Waals surface area contributed by atoms with E-state index in [2.05, 4.69) is 10.2 Å². The van der Waals surface area contributed by atoms with Crippen molar-refractivity contribution < 1.29 is 9.53 Å². The van der Waals surface area contributed by atoms with Gasteiger partial charge in [-0.3, -0.25) is 4.79 Å². The van der Waals surface area contributed by atoms with Gasteiger partial charge in [0.1, 0.15) is 15.6 Å². The number of thiophene rings is 1. The van der Waals surface area contributed by atoms with Crippen LogP contribution in [0.15, 0.2) is 0 Å². The van der Waals surface area contributed by atoms with Crippen molar-refractivity contribution >= 4 is 27.9 Å². The molecule has 2 rings (SSSR count). The Bertz CT molecular complexity index is 460. The van der Waals surface area contributed by atoms with E-state index in [1.807, 2.05) is 0 Å². The van der Waals surface area contributed by atoms with Gasteiger partial charge in [-0.25, -0.2) is 0 Å². The van der Waals surface area contributed by atoms with Crippen LogP contribution >= 0.6 is 11.3 Å². The van der Waals surface area contributed by atoms with E-state index in [-0.39, 0.29) is 11.9 Å². The molecular weight excluding hydrogens is 252 g/mol. The van der Waals surface area contributed by atoms with Crippen LogP contribution in [0, 0.1) is 0 Å². The fraction of sp³-hybridized carbons (Fsp3) is 0.545. The maximum Gasteiger partial charge on any atom is 0.263 e. The summed E-state index contributed by atoms with van der Waals surface area (Å²) in [6, 6.07) is 0.168. The maximum atomic E-state index is 11.7. The highest BCUT2D eigenvalue weighted by molar-refractivity contribution is 7.19. The lowest BCUT2D eigenvalue weighted by molar-refractivity contribution is 0.0967. The molecule has 7 heteroatoms. The van der Waals surface area contributed by atoms with Crippen molar-refractivity contribution in [3.05, 3.63) is 4.88 Å². The standard InChI is InChI=1S/C11H18N4O2S/c1-14-10(16)9-7(13)8(17-2)11(18-9)15-4-3-6(12)5-15/h6H,3-5,12-13H2,1-2H3,(H,14,16). The van der Waals surface area contributed by atoms with Crippen molar-refractivity contribution in [2.24, 2.45) is 5.73 Å². The van der Waals surface area contributed by atoms with Crippen molar-refractivity contribution in [3.63, 3.8) is 0 Å². The first kappa shape index (κ1) is 13.0. The van der Waals surface area contributed by atoms with Gasteiger partial charge in [-0.1, -0.05) is 0 Å². The summed E-state index contributed by atoms with van der Waals surface area (Å²) in [7, 11) is 3.14. The number of carbonyl (C=O) groups excluding carboxylic acids is 1. The van der Waals surface area contributed by atoms with Crippen molar-refractivity contribution in [2.45, 2.75) is 12.5 Å². The number of hydrogen-bond donors (Lipinski definition) is 3. The minimum absolute atomic E-state index is 0.168. The van der Waals surface area contributed by atoms with Crippen molar-refractivity contribution in [2.75, 3.05) is 37.9 Å². The Balaban J connectivity index is 2.38. The maximum absolute atomic E-state index is 11.7. The molecule has 1 amide bonds. The van der Waals surface area contributed by atoms with Crippen LogP contribution in [0.2, 0.25) is 0 Å². The number of hydrogen-bond acceptors (Lipinski definition) is 6. The van der Waals surface area contributed by atoms with E-state index < -0.39 is 0 Å². The van der Waals surface area contributed by atoms with Gasteiger partial charge < -0.3 is 26.4 Å². The molecule has 1 atom stereocenters. The largest absolute Gasteiger partial charge is 0.492 e. The number of anilines is 2. The zero-order chi connectivity index (χ0) is 13.3. The van der Waals surface area contributed by atoms with Crippen LogP contribution in [0.25, 0.3) is 0 Å². The van der Waals surface area contributed by atoms with Crippen LogP contribution in [0.5, 0.6) is 5.75 Å². The zero-order valence-corrected chi connectivity index (χ0v) is 11.3. The topological polar surface area (TPSA) is 93.6 Å². The highest BCUT2D eigenvalue weighted by Gasteiger charge is 2.28. The molecule has 0 radical (unpaired) electrons. The average molecular weight is 270 g/mol. The number of nitrogens with zero attached hydrogens (tertiary/aromatic N) is 1. The molecular formula is C11H18N4O2S. The molecule has 0 bridgehead atoms. The van der Waals surface area contributed by atoms with Crippen molar-refractivity contribution in [1.29, 1.82) is 0 Å². The molecule has 1 fully saturated rings. The summed E-state index contributed by atoms with van der Waals surface area (Å²) in [5, 5.41) is 3.47. The lowest BCUT2D eigenvalue weighted by Gasteiger charge is -2.17. The van der Waals surface area contributed by atoms with Gasteiger partial charge in [0.25, 0.3) is 5.91 Å². The van der Waals surface area contributed by atoms with Gasteiger partial charge in [-0.15, -0.1) is 11.3 Å². The van der Waals surface area contributed by atoms with Crippen LogP contribution in [0.1, 0.15) is 16.1 Å². The summed E-state index contributed by atoms with van der Waals surface area (Å²) in [5.74, 6) is 0.387. The Labute approximate surface area is 110 Å². The number of nitrogens with one attached hydrogen (secondary N) is 1. The van der Waals surface area contributed by atoms with Crippen molar-refractivity contribution in [1.82, 2.24) is 5.32 Å². The van der Waals surface area contributed by atoms with E-state index in [4.69, 9.17) is 16.2 Å². The monoisotopic (exact) mass is 270 g/mol. The molecule has 1 aromatic heterocycles. The second-order valence-electron chi connectivity index (χ2n) is 4.26. The average Bonchev–Trinajstić information content (AvgIpc) is 2.92. The summed E-state index contributed by atoms with van der Waals surface area (Å²) >= 11 is 1.35. The zero-order valence-electron chi connectivity index (χ0n) is 10.5. The lowest BCUT2D eigenvalue weighted by Crippen LogP contribution is -2.25. The number of nitrogen functional groups attached to an aromatic ring is 1. The minimum atomic E-state index is -0.189. The van der Waals surface area contributed by atoms with Crippen LogP contribution < -0.4 is 26.4 Å². The molecule has 1 aromatic rings. The highest BCUT2D eigenvalue weighted by Crippen LogP contribution is 2.45. The molecule has 0 aliphatic carbocycles. The van der Waals surface area contributed by atoms with Gasteiger partial charge in [-0.2, -0.15) is 0 Å². The van der Waals surface area contributed by atoms with Crippen LogP contribution in [0.3, 0.4) is 0 Å². The third kappa shape index (κ3) is 2.11.